The predicted molar refractivity (Wildman–Crippen MR) is 74.8 cm³/mol. The maximum absolute atomic E-state index is 11.7. The zero-order valence-electron chi connectivity index (χ0n) is 12.6. The van der Waals surface area contributed by atoms with Crippen LogP contribution < -0.4 is 10.6 Å². The summed E-state index contributed by atoms with van der Waals surface area (Å²) in [6.07, 6.45) is 0. The van der Waals surface area contributed by atoms with E-state index in [0.717, 1.165) is 0 Å². The molecule has 6 heteroatoms. The third-order valence-corrected chi connectivity index (χ3v) is 2.35. The summed E-state index contributed by atoms with van der Waals surface area (Å²) in [4.78, 5) is 24.8. The first-order valence-corrected chi connectivity index (χ1v) is 6.66. The molecular weight excluding hydrogens is 246 g/mol. The number of hydrogen-bond donors (Lipinski definition) is 3. The summed E-state index contributed by atoms with van der Waals surface area (Å²) in [5.74, 6) is -0.0319. The number of aliphatic hydroxyl groups is 1. The molecule has 0 spiro atoms. The lowest BCUT2D eigenvalue weighted by atomic mass is 10.1. The molecule has 0 radical (unpaired) electrons. The molecule has 0 aromatic heterocycles. The largest absolute Gasteiger partial charge is 0.389 e. The minimum absolute atomic E-state index is 0.0928. The summed E-state index contributed by atoms with van der Waals surface area (Å²) >= 11 is 0. The molecule has 112 valence electrons. The van der Waals surface area contributed by atoms with Crippen molar-refractivity contribution in [1.82, 2.24) is 15.5 Å². The summed E-state index contributed by atoms with van der Waals surface area (Å²) in [6, 6.07) is -0.474. The highest BCUT2D eigenvalue weighted by molar-refractivity contribution is 5.95. The molecule has 0 aromatic carbocycles. The van der Waals surface area contributed by atoms with Crippen molar-refractivity contribution >= 4 is 11.9 Å². The molecule has 0 aliphatic heterocycles. The van der Waals surface area contributed by atoms with E-state index in [1.165, 1.54) is 0 Å². The molecule has 0 aliphatic rings. The molecule has 0 atom stereocenters. The molecule has 0 saturated carbocycles. The first kappa shape index (κ1) is 17.9. The highest BCUT2D eigenvalue weighted by Gasteiger charge is 2.19. The zero-order chi connectivity index (χ0) is 15.1. The number of carbonyl (C=O) groups excluding carboxylic acids is 2. The lowest BCUT2D eigenvalue weighted by molar-refractivity contribution is -0.121. The molecule has 6 nitrogen and oxygen atoms in total. The SMILES string of the molecule is CCN(CC(=O)NC(=O)NCC(C)C)CC(C)(C)O. The quantitative estimate of drug-likeness (QED) is 0.633. The van der Waals surface area contributed by atoms with Gasteiger partial charge in [-0.25, -0.2) is 4.79 Å². The number of rotatable bonds is 7. The van der Waals surface area contributed by atoms with E-state index >= 15 is 0 Å². The molecule has 0 bridgehead atoms. The summed E-state index contributed by atoms with van der Waals surface area (Å²) in [7, 11) is 0. The van der Waals surface area contributed by atoms with E-state index in [1.807, 2.05) is 20.8 Å². The van der Waals surface area contributed by atoms with Gasteiger partial charge >= 0.3 is 6.03 Å². The standard InChI is InChI=1S/C13H27N3O3/c1-6-16(9-13(4,5)19)8-11(17)15-12(18)14-7-10(2)3/h10,19H,6-9H2,1-5H3,(H2,14,15,17,18). The monoisotopic (exact) mass is 273 g/mol. The lowest BCUT2D eigenvalue weighted by Crippen LogP contribution is -2.47. The Bertz CT molecular complexity index is 298. The van der Waals surface area contributed by atoms with Gasteiger partial charge in [0.1, 0.15) is 0 Å². The molecule has 3 amide bonds. The Morgan fingerprint density at radius 3 is 2.32 bits per heavy atom. The first-order chi connectivity index (χ1) is 8.64. The second-order valence-electron chi connectivity index (χ2n) is 5.77. The minimum Gasteiger partial charge on any atom is -0.389 e. The van der Waals surface area contributed by atoms with E-state index in [0.29, 0.717) is 25.6 Å². The van der Waals surface area contributed by atoms with E-state index in [4.69, 9.17) is 0 Å². The van der Waals surface area contributed by atoms with Gasteiger partial charge in [-0.2, -0.15) is 0 Å². The molecule has 0 fully saturated rings. The molecule has 3 N–H and O–H groups in total. The van der Waals surface area contributed by atoms with Crippen molar-refractivity contribution in [3.05, 3.63) is 0 Å². The van der Waals surface area contributed by atoms with E-state index in [2.05, 4.69) is 10.6 Å². The van der Waals surface area contributed by atoms with Crippen molar-refractivity contribution in [2.45, 2.75) is 40.2 Å². The number of hydrogen-bond acceptors (Lipinski definition) is 4. The number of carbonyl (C=O) groups is 2. The maximum Gasteiger partial charge on any atom is 0.321 e. The van der Waals surface area contributed by atoms with Crippen molar-refractivity contribution in [2.24, 2.45) is 5.92 Å². The number of nitrogens with one attached hydrogen (secondary N) is 2. The minimum atomic E-state index is -0.865. The van der Waals surface area contributed by atoms with Crippen LogP contribution in [0.25, 0.3) is 0 Å². The van der Waals surface area contributed by atoms with Crippen molar-refractivity contribution in [3.8, 4) is 0 Å². The topological polar surface area (TPSA) is 81.7 Å². The van der Waals surface area contributed by atoms with Crippen LogP contribution in [0.3, 0.4) is 0 Å². The predicted octanol–water partition coefficient (Wildman–Crippen LogP) is 0.561. The number of imide groups is 1. The van der Waals surface area contributed by atoms with Gasteiger partial charge in [-0.05, 0) is 26.3 Å². The van der Waals surface area contributed by atoms with Gasteiger partial charge in [0.15, 0.2) is 0 Å². The highest BCUT2D eigenvalue weighted by Crippen LogP contribution is 2.04. The van der Waals surface area contributed by atoms with Crippen LogP contribution in [0, 0.1) is 5.92 Å². The molecule has 0 aromatic rings. The van der Waals surface area contributed by atoms with E-state index in [-0.39, 0.29) is 12.5 Å². The molecule has 0 saturated heterocycles. The van der Waals surface area contributed by atoms with Crippen molar-refractivity contribution in [2.75, 3.05) is 26.2 Å². The molecule has 0 heterocycles. The Labute approximate surface area is 115 Å². The Balaban J connectivity index is 4.10. The Kier molecular flexibility index (Phi) is 7.63. The maximum atomic E-state index is 11.7. The Morgan fingerprint density at radius 1 is 1.32 bits per heavy atom. The van der Waals surface area contributed by atoms with Crippen molar-refractivity contribution in [1.29, 1.82) is 0 Å². The zero-order valence-corrected chi connectivity index (χ0v) is 12.6. The molecule has 0 aliphatic carbocycles. The van der Waals surface area contributed by atoms with E-state index in [1.54, 1.807) is 18.7 Å². The number of nitrogens with zero attached hydrogens (tertiary/aromatic N) is 1. The summed E-state index contributed by atoms with van der Waals surface area (Å²) in [6.45, 7) is 10.9. The third kappa shape index (κ3) is 10.5. The Hall–Kier alpha value is -1.14. The van der Waals surface area contributed by atoms with Gasteiger partial charge in [0, 0.05) is 13.1 Å². The number of likely N-dealkylation sites (N-methyl/N-ethyl adjacent to an activating group) is 1. The van der Waals surface area contributed by atoms with Gasteiger partial charge in [-0.15, -0.1) is 0 Å². The second-order valence-corrected chi connectivity index (χ2v) is 5.77. The molecular formula is C13H27N3O3. The van der Waals surface area contributed by atoms with Crippen LogP contribution in [0.4, 0.5) is 4.79 Å². The van der Waals surface area contributed by atoms with Crippen LogP contribution in [0.1, 0.15) is 34.6 Å². The summed E-state index contributed by atoms with van der Waals surface area (Å²) < 4.78 is 0. The van der Waals surface area contributed by atoms with Crippen LogP contribution in [-0.2, 0) is 4.79 Å². The second kappa shape index (κ2) is 8.12. The van der Waals surface area contributed by atoms with E-state index in [9.17, 15) is 14.7 Å². The van der Waals surface area contributed by atoms with Crippen LogP contribution >= 0.6 is 0 Å². The lowest BCUT2D eigenvalue weighted by Gasteiger charge is -2.27. The van der Waals surface area contributed by atoms with Crippen LogP contribution in [-0.4, -0.2) is 53.7 Å². The fraction of sp³-hybridized carbons (Fsp3) is 0.846. The van der Waals surface area contributed by atoms with Gasteiger partial charge in [0.05, 0.1) is 12.1 Å². The summed E-state index contributed by atoms with van der Waals surface area (Å²) in [5.41, 5.74) is -0.865. The van der Waals surface area contributed by atoms with Crippen LogP contribution in [0.2, 0.25) is 0 Å². The van der Waals surface area contributed by atoms with Crippen LogP contribution in [0.5, 0.6) is 0 Å². The molecule has 19 heavy (non-hydrogen) atoms. The van der Waals surface area contributed by atoms with Crippen LogP contribution in [0.15, 0.2) is 0 Å². The highest BCUT2D eigenvalue weighted by atomic mass is 16.3. The van der Waals surface area contributed by atoms with E-state index < -0.39 is 11.6 Å². The number of amides is 3. The number of urea groups is 1. The third-order valence-electron chi connectivity index (χ3n) is 2.35. The fourth-order valence-electron chi connectivity index (χ4n) is 1.54. The molecule has 0 rings (SSSR count). The average molecular weight is 273 g/mol. The van der Waals surface area contributed by atoms with Gasteiger partial charge in [0.2, 0.25) is 5.91 Å². The Morgan fingerprint density at radius 2 is 1.89 bits per heavy atom. The average Bonchev–Trinajstić information content (AvgIpc) is 2.23. The normalized spacial score (nSPS) is 11.8. The fourth-order valence-corrected chi connectivity index (χ4v) is 1.54. The van der Waals surface area contributed by atoms with Crippen molar-refractivity contribution < 1.29 is 14.7 Å². The molecule has 0 unspecified atom stereocenters. The van der Waals surface area contributed by atoms with Gasteiger partial charge in [-0.1, -0.05) is 20.8 Å². The smallest absolute Gasteiger partial charge is 0.321 e. The van der Waals surface area contributed by atoms with Gasteiger partial charge in [0.25, 0.3) is 0 Å². The van der Waals surface area contributed by atoms with Gasteiger partial charge < -0.3 is 10.4 Å². The van der Waals surface area contributed by atoms with Crippen molar-refractivity contribution in [3.63, 3.8) is 0 Å². The summed E-state index contributed by atoms with van der Waals surface area (Å²) in [5, 5.41) is 14.6. The first-order valence-electron chi connectivity index (χ1n) is 6.66. The van der Waals surface area contributed by atoms with Gasteiger partial charge in [-0.3, -0.25) is 15.0 Å².